The molecule has 0 saturated carbocycles. The van der Waals surface area contributed by atoms with E-state index in [2.05, 4.69) is 10.3 Å². The number of fused-ring (bicyclic) bond motifs is 1. The quantitative estimate of drug-likeness (QED) is 0.439. The van der Waals surface area contributed by atoms with Gasteiger partial charge in [0.25, 0.3) is 0 Å². The van der Waals surface area contributed by atoms with Gasteiger partial charge in [0.05, 0.1) is 0 Å². The van der Waals surface area contributed by atoms with Gasteiger partial charge < -0.3 is 15.4 Å². The highest BCUT2D eigenvalue weighted by atomic mass is 16.3. The second-order valence-corrected chi connectivity index (χ2v) is 6.65. The van der Waals surface area contributed by atoms with Gasteiger partial charge in [0.1, 0.15) is 5.75 Å². The van der Waals surface area contributed by atoms with Gasteiger partial charge in [-0.05, 0) is 42.7 Å². The van der Waals surface area contributed by atoms with Gasteiger partial charge in [-0.15, -0.1) is 0 Å². The Kier molecular flexibility index (Phi) is 6.09. The lowest BCUT2D eigenvalue weighted by Gasteiger charge is -2.13. The molecule has 0 unspecified atom stereocenters. The number of H-pyrrole nitrogens is 1. The summed E-state index contributed by atoms with van der Waals surface area (Å²) < 4.78 is 0. The first kappa shape index (κ1) is 18.9. The number of pyridine rings is 1. The van der Waals surface area contributed by atoms with E-state index in [1.54, 1.807) is 6.07 Å². The molecule has 3 N–H and O–H groups in total. The van der Waals surface area contributed by atoms with E-state index in [1.807, 2.05) is 62.4 Å². The Hall–Kier alpha value is -2.85. The largest absolute Gasteiger partial charge is 0.508 e. The molecule has 0 spiro atoms. The van der Waals surface area contributed by atoms with E-state index in [4.69, 9.17) is 0 Å². The molecule has 0 saturated heterocycles. The highest BCUT2D eigenvalue weighted by molar-refractivity contribution is 5.79. The van der Waals surface area contributed by atoms with Crippen LogP contribution in [0.3, 0.4) is 0 Å². The number of rotatable bonds is 7. The Balaban J connectivity index is 2.02. The number of aromatic nitrogens is 1. The number of para-hydroxylation sites is 1. The second-order valence-electron chi connectivity index (χ2n) is 6.65. The predicted molar refractivity (Wildman–Crippen MR) is 111 cm³/mol. The maximum absolute atomic E-state index is 13.1. The van der Waals surface area contributed by atoms with Gasteiger partial charge in [-0.25, -0.2) is 0 Å². The summed E-state index contributed by atoms with van der Waals surface area (Å²) in [5.41, 5.74) is 4.60. The zero-order valence-corrected chi connectivity index (χ0v) is 15.9. The van der Waals surface area contributed by atoms with Crippen LogP contribution < -0.4 is 10.7 Å². The number of hydrogen-bond donors (Lipinski definition) is 3. The smallest absolute Gasteiger partial charge is 0.194 e. The molecule has 1 aromatic heterocycles. The molecular weight excluding hydrogens is 336 g/mol. The Morgan fingerprint density at radius 3 is 2.78 bits per heavy atom. The third-order valence-corrected chi connectivity index (χ3v) is 4.80. The van der Waals surface area contributed by atoms with Crippen molar-refractivity contribution in [3.8, 4) is 5.75 Å². The van der Waals surface area contributed by atoms with Crippen molar-refractivity contribution in [2.24, 2.45) is 0 Å². The van der Waals surface area contributed by atoms with Crippen molar-refractivity contribution < 1.29 is 5.11 Å². The first-order valence-electron chi connectivity index (χ1n) is 9.39. The van der Waals surface area contributed by atoms with Crippen molar-refractivity contribution in [3.63, 3.8) is 0 Å². The van der Waals surface area contributed by atoms with Crippen LogP contribution in [0.1, 0.15) is 36.2 Å². The summed E-state index contributed by atoms with van der Waals surface area (Å²) in [6.07, 6.45) is 5.41. The fourth-order valence-corrected chi connectivity index (χ4v) is 3.30. The molecule has 0 fully saturated rings. The van der Waals surface area contributed by atoms with E-state index in [0.29, 0.717) is 24.1 Å². The van der Waals surface area contributed by atoms with E-state index in [1.165, 1.54) is 0 Å². The maximum atomic E-state index is 13.1. The van der Waals surface area contributed by atoms with Crippen LogP contribution in [0.15, 0.2) is 59.4 Å². The number of benzene rings is 2. The van der Waals surface area contributed by atoms with Crippen molar-refractivity contribution in [1.82, 2.24) is 10.3 Å². The molecule has 0 amide bonds. The lowest BCUT2D eigenvalue weighted by Crippen LogP contribution is -2.23. The summed E-state index contributed by atoms with van der Waals surface area (Å²) in [4.78, 5) is 16.5. The topological polar surface area (TPSA) is 65.1 Å². The Bertz CT molecular complexity index is 1020. The molecule has 0 aliphatic heterocycles. The van der Waals surface area contributed by atoms with Crippen molar-refractivity contribution >= 4 is 10.9 Å². The molecule has 0 aliphatic rings. The molecule has 4 nitrogen and oxygen atoms in total. The minimum absolute atomic E-state index is 0.0711. The third kappa shape index (κ3) is 4.29. The summed E-state index contributed by atoms with van der Waals surface area (Å²) in [6.45, 7) is 5.24. The molecule has 140 valence electrons. The first-order valence-corrected chi connectivity index (χ1v) is 9.39. The fraction of sp³-hybridized carbons (Fsp3) is 0.261. The minimum Gasteiger partial charge on any atom is -0.508 e. The first-order chi connectivity index (χ1) is 13.1. The summed E-state index contributed by atoms with van der Waals surface area (Å²) in [7, 11) is 0. The van der Waals surface area contributed by atoms with Crippen molar-refractivity contribution in [3.05, 3.63) is 87.2 Å². The Labute approximate surface area is 159 Å². The van der Waals surface area contributed by atoms with Crippen LogP contribution in [0.25, 0.3) is 10.9 Å². The lowest BCUT2D eigenvalue weighted by molar-refractivity contribution is 0.468. The van der Waals surface area contributed by atoms with Crippen LogP contribution in [-0.2, 0) is 19.4 Å². The molecule has 0 bridgehead atoms. The molecule has 27 heavy (non-hydrogen) atoms. The van der Waals surface area contributed by atoms with E-state index in [9.17, 15) is 9.90 Å². The number of nitrogens with one attached hydrogen (secondary N) is 2. The highest BCUT2D eigenvalue weighted by Gasteiger charge is 2.13. The van der Waals surface area contributed by atoms with Gasteiger partial charge >= 0.3 is 0 Å². The van der Waals surface area contributed by atoms with E-state index in [0.717, 1.165) is 40.9 Å². The normalized spacial score (nSPS) is 11.5. The average Bonchev–Trinajstić information content (AvgIpc) is 2.68. The molecule has 3 rings (SSSR count). The number of allylic oxidation sites excluding steroid dienone is 1. The lowest BCUT2D eigenvalue weighted by atomic mass is 10.00. The van der Waals surface area contributed by atoms with Crippen molar-refractivity contribution in [2.45, 2.75) is 33.2 Å². The average molecular weight is 362 g/mol. The van der Waals surface area contributed by atoms with Crippen LogP contribution in [0.2, 0.25) is 0 Å². The number of phenolic OH excluding ortho intramolecular Hbond substituents is 1. The van der Waals surface area contributed by atoms with Crippen LogP contribution in [0, 0.1) is 0 Å². The van der Waals surface area contributed by atoms with Crippen LogP contribution in [0.5, 0.6) is 5.75 Å². The monoisotopic (exact) mass is 362 g/mol. The van der Waals surface area contributed by atoms with E-state index < -0.39 is 0 Å². The summed E-state index contributed by atoms with van der Waals surface area (Å²) in [5, 5.41) is 14.0. The molecule has 3 aromatic rings. The van der Waals surface area contributed by atoms with Crippen LogP contribution in [-0.4, -0.2) is 16.6 Å². The number of aryl methyl sites for hydroxylation is 1. The molecule has 1 heterocycles. The van der Waals surface area contributed by atoms with E-state index in [-0.39, 0.29) is 5.43 Å². The van der Waals surface area contributed by atoms with Crippen molar-refractivity contribution in [2.75, 3.05) is 6.54 Å². The van der Waals surface area contributed by atoms with Crippen molar-refractivity contribution in [1.29, 1.82) is 0 Å². The fourth-order valence-electron chi connectivity index (χ4n) is 3.30. The minimum atomic E-state index is 0.0711. The molecule has 0 atom stereocenters. The highest BCUT2D eigenvalue weighted by Crippen LogP contribution is 2.22. The zero-order valence-electron chi connectivity index (χ0n) is 15.9. The standard InChI is InChI=1S/C23H26N2O2/c1-3-5-12-24-15-19-21(14-16-10-11-22(26)17(4-2)13-16)25-20-9-7-6-8-18(20)23(19)27/h3,5-11,13,24,26H,4,12,14-15H2,1-2H3,(H,25,27)/b5-3+. The Morgan fingerprint density at radius 2 is 2.00 bits per heavy atom. The predicted octanol–water partition coefficient (Wildman–Crippen LogP) is 4.05. The third-order valence-electron chi connectivity index (χ3n) is 4.80. The van der Waals surface area contributed by atoms with Gasteiger partial charge in [-0.2, -0.15) is 0 Å². The van der Waals surface area contributed by atoms with Gasteiger partial charge in [-0.1, -0.05) is 43.3 Å². The van der Waals surface area contributed by atoms with Gasteiger partial charge in [0.15, 0.2) is 5.43 Å². The molecule has 0 aliphatic carbocycles. The molecule has 0 radical (unpaired) electrons. The van der Waals surface area contributed by atoms with Crippen LogP contribution >= 0.6 is 0 Å². The maximum Gasteiger partial charge on any atom is 0.194 e. The zero-order chi connectivity index (χ0) is 19.2. The van der Waals surface area contributed by atoms with Gasteiger partial charge in [0, 0.05) is 41.7 Å². The molecular formula is C23H26N2O2. The number of hydrogen-bond acceptors (Lipinski definition) is 3. The summed E-state index contributed by atoms with van der Waals surface area (Å²) in [5.74, 6) is 0.321. The number of phenols is 1. The number of aromatic hydroxyl groups is 1. The van der Waals surface area contributed by atoms with Gasteiger partial charge in [0.2, 0.25) is 0 Å². The second kappa shape index (κ2) is 8.69. The summed E-state index contributed by atoms with van der Waals surface area (Å²) >= 11 is 0. The van der Waals surface area contributed by atoms with E-state index >= 15 is 0 Å². The SMILES string of the molecule is C/C=C/CNCc1c(Cc2ccc(O)c(CC)c2)[nH]c2ccccc2c1=O. The van der Waals surface area contributed by atoms with Gasteiger partial charge in [-0.3, -0.25) is 4.79 Å². The molecule has 4 heteroatoms. The van der Waals surface area contributed by atoms with Crippen LogP contribution in [0.4, 0.5) is 0 Å². The number of aromatic amines is 1. The molecule has 2 aromatic carbocycles. The summed E-state index contributed by atoms with van der Waals surface area (Å²) in [6, 6.07) is 13.3. The Morgan fingerprint density at radius 1 is 1.19 bits per heavy atom.